The van der Waals surface area contributed by atoms with E-state index in [9.17, 15) is 4.79 Å². The van der Waals surface area contributed by atoms with Crippen molar-refractivity contribution >= 4 is 5.91 Å². The Morgan fingerprint density at radius 2 is 1.96 bits per heavy atom. The molecule has 3 atom stereocenters. The van der Waals surface area contributed by atoms with Gasteiger partial charge < -0.3 is 14.8 Å². The maximum absolute atomic E-state index is 12.3. The third-order valence-electron chi connectivity index (χ3n) is 4.71. The van der Waals surface area contributed by atoms with Gasteiger partial charge in [0.15, 0.2) is 0 Å². The van der Waals surface area contributed by atoms with E-state index in [-0.39, 0.29) is 11.8 Å². The van der Waals surface area contributed by atoms with Gasteiger partial charge in [-0.25, -0.2) is 0 Å². The molecule has 1 fully saturated rings. The summed E-state index contributed by atoms with van der Waals surface area (Å²) < 4.78 is 11.3. The predicted molar refractivity (Wildman–Crippen MR) is 93.4 cm³/mol. The second kappa shape index (κ2) is 7.99. The number of carbonyl (C=O) groups excluding carboxylic acids is 1. The number of amides is 1. The van der Waals surface area contributed by atoms with Gasteiger partial charge in [-0.2, -0.15) is 0 Å². The van der Waals surface area contributed by atoms with Crippen molar-refractivity contribution in [2.45, 2.75) is 44.8 Å². The first-order chi connectivity index (χ1) is 11.6. The van der Waals surface area contributed by atoms with E-state index in [1.165, 1.54) is 0 Å². The number of rotatable bonds is 6. The molecular formula is C19H28N2O3. The minimum atomic E-state index is -0.165. The van der Waals surface area contributed by atoms with Crippen molar-refractivity contribution in [3.63, 3.8) is 0 Å². The lowest BCUT2D eigenvalue weighted by atomic mass is 10.0. The molecule has 2 heterocycles. The van der Waals surface area contributed by atoms with Crippen LogP contribution in [0, 0.1) is 0 Å². The first kappa shape index (κ1) is 17.2. The van der Waals surface area contributed by atoms with Crippen LogP contribution in [-0.4, -0.2) is 55.8 Å². The molecule has 1 amide bonds. The fourth-order valence-corrected chi connectivity index (χ4v) is 3.64. The number of morpholine rings is 1. The summed E-state index contributed by atoms with van der Waals surface area (Å²) in [6.45, 7) is 8.53. The van der Waals surface area contributed by atoms with Crippen LogP contribution in [0.1, 0.15) is 38.2 Å². The summed E-state index contributed by atoms with van der Waals surface area (Å²) in [6.07, 6.45) is 2.73. The Morgan fingerprint density at radius 3 is 2.75 bits per heavy atom. The second-order valence-electron chi connectivity index (χ2n) is 6.92. The van der Waals surface area contributed by atoms with Gasteiger partial charge in [0, 0.05) is 25.2 Å². The van der Waals surface area contributed by atoms with Gasteiger partial charge in [-0.1, -0.05) is 18.2 Å². The highest BCUT2D eigenvalue weighted by atomic mass is 16.5. The Labute approximate surface area is 144 Å². The molecule has 1 aromatic carbocycles. The minimum Gasteiger partial charge on any atom is -0.492 e. The van der Waals surface area contributed by atoms with E-state index in [2.05, 4.69) is 24.1 Å². The molecule has 0 spiro atoms. The van der Waals surface area contributed by atoms with Crippen LogP contribution in [0.5, 0.6) is 5.75 Å². The molecule has 0 aromatic heterocycles. The van der Waals surface area contributed by atoms with Crippen LogP contribution >= 0.6 is 0 Å². The fourth-order valence-electron chi connectivity index (χ4n) is 3.64. The van der Waals surface area contributed by atoms with Gasteiger partial charge in [0.2, 0.25) is 5.91 Å². The Kier molecular flexibility index (Phi) is 5.74. The van der Waals surface area contributed by atoms with Crippen molar-refractivity contribution in [2.75, 3.05) is 32.8 Å². The fraction of sp³-hybridized carbons (Fsp3) is 0.632. The molecule has 0 saturated carbocycles. The number of nitrogens with one attached hydrogen (secondary N) is 1. The lowest BCUT2D eigenvalue weighted by Gasteiger charge is -2.35. The molecule has 1 aromatic rings. The van der Waals surface area contributed by atoms with Crippen LogP contribution in [0.3, 0.4) is 0 Å². The number of benzene rings is 1. The van der Waals surface area contributed by atoms with Crippen LogP contribution in [0.4, 0.5) is 0 Å². The van der Waals surface area contributed by atoms with Crippen molar-refractivity contribution in [3.8, 4) is 5.75 Å². The van der Waals surface area contributed by atoms with Gasteiger partial charge in [0.1, 0.15) is 18.3 Å². The van der Waals surface area contributed by atoms with Gasteiger partial charge >= 0.3 is 0 Å². The largest absolute Gasteiger partial charge is 0.492 e. The number of para-hydroxylation sites is 1. The molecule has 5 heteroatoms. The van der Waals surface area contributed by atoms with Crippen molar-refractivity contribution in [3.05, 3.63) is 29.8 Å². The third-order valence-corrected chi connectivity index (χ3v) is 4.71. The van der Waals surface area contributed by atoms with E-state index in [0.717, 1.165) is 50.3 Å². The van der Waals surface area contributed by atoms with E-state index in [0.29, 0.717) is 18.8 Å². The molecule has 0 unspecified atom stereocenters. The second-order valence-corrected chi connectivity index (χ2v) is 6.92. The lowest BCUT2D eigenvalue weighted by Crippen LogP contribution is -2.45. The SMILES string of the molecule is C[C@H]1CN(CCCCNC(=O)[C@@H]2COc3ccccc32)C[C@H](C)O1. The Balaban J connectivity index is 1.35. The summed E-state index contributed by atoms with van der Waals surface area (Å²) in [7, 11) is 0. The Bertz CT molecular complexity index is 553. The van der Waals surface area contributed by atoms with Gasteiger partial charge in [-0.05, 0) is 39.3 Å². The Morgan fingerprint density at radius 1 is 1.21 bits per heavy atom. The van der Waals surface area contributed by atoms with Gasteiger partial charge in [0.25, 0.3) is 0 Å². The molecule has 0 aliphatic carbocycles. The molecule has 2 aliphatic heterocycles. The van der Waals surface area contributed by atoms with E-state index in [4.69, 9.17) is 9.47 Å². The summed E-state index contributed by atoms with van der Waals surface area (Å²) in [5, 5.41) is 3.06. The first-order valence-corrected chi connectivity index (χ1v) is 9.00. The van der Waals surface area contributed by atoms with Crippen molar-refractivity contribution in [1.29, 1.82) is 0 Å². The summed E-state index contributed by atoms with van der Waals surface area (Å²) >= 11 is 0. The first-order valence-electron chi connectivity index (χ1n) is 9.00. The summed E-state index contributed by atoms with van der Waals surface area (Å²) in [5.74, 6) is 0.754. The molecule has 24 heavy (non-hydrogen) atoms. The van der Waals surface area contributed by atoms with Crippen LogP contribution in [0.25, 0.3) is 0 Å². The van der Waals surface area contributed by atoms with E-state index in [1.54, 1.807) is 0 Å². The smallest absolute Gasteiger partial charge is 0.231 e. The minimum absolute atomic E-state index is 0.0774. The molecule has 132 valence electrons. The zero-order valence-corrected chi connectivity index (χ0v) is 14.7. The van der Waals surface area contributed by atoms with Gasteiger partial charge in [0.05, 0.1) is 12.2 Å². The van der Waals surface area contributed by atoms with Crippen molar-refractivity contribution in [1.82, 2.24) is 10.2 Å². The number of hydrogen-bond donors (Lipinski definition) is 1. The maximum Gasteiger partial charge on any atom is 0.231 e. The summed E-state index contributed by atoms with van der Waals surface area (Å²) in [5.41, 5.74) is 1.01. The van der Waals surface area contributed by atoms with Crippen LogP contribution < -0.4 is 10.1 Å². The Hall–Kier alpha value is -1.59. The maximum atomic E-state index is 12.3. The molecule has 0 bridgehead atoms. The van der Waals surface area contributed by atoms with Crippen LogP contribution in [0.15, 0.2) is 24.3 Å². The molecule has 2 aliphatic rings. The predicted octanol–water partition coefficient (Wildman–Crippen LogP) is 2.17. The van der Waals surface area contributed by atoms with Gasteiger partial charge in [-0.15, -0.1) is 0 Å². The summed E-state index contributed by atoms with van der Waals surface area (Å²) in [6, 6.07) is 7.80. The monoisotopic (exact) mass is 332 g/mol. The van der Waals surface area contributed by atoms with E-state index < -0.39 is 0 Å². The zero-order chi connectivity index (χ0) is 16.9. The molecular weight excluding hydrogens is 304 g/mol. The molecule has 1 saturated heterocycles. The molecule has 3 rings (SSSR count). The highest BCUT2D eigenvalue weighted by Gasteiger charge is 2.29. The average molecular weight is 332 g/mol. The number of hydrogen-bond acceptors (Lipinski definition) is 4. The highest BCUT2D eigenvalue weighted by Crippen LogP contribution is 2.33. The number of ether oxygens (including phenoxy) is 2. The van der Waals surface area contributed by atoms with Crippen LogP contribution in [0.2, 0.25) is 0 Å². The average Bonchev–Trinajstić information content (AvgIpc) is 2.97. The van der Waals surface area contributed by atoms with E-state index >= 15 is 0 Å². The molecule has 5 nitrogen and oxygen atoms in total. The summed E-state index contributed by atoms with van der Waals surface area (Å²) in [4.78, 5) is 14.8. The topological polar surface area (TPSA) is 50.8 Å². The number of fused-ring (bicyclic) bond motifs is 1. The molecule has 0 radical (unpaired) electrons. The highest BCUT2D eigenvalue weighted by molar-refractivity contribution is 5.85. The normalized spacial score (nSPS) is 26.7. The standard InChI is InChI=1S/C19H28N2O3/c1-14-11-21(12-15(2)24-14)10-6-5-9-20-19(22)17-13-23-18-8-4-3-7-16(17)18/h3-4,7-8,14-15,17H,5-6,9-13H2,1-2H3,(H,20,22)/t14-,15-,17+/m0/s1. The zero-order valence-electron chi connectivity index (χ0n) is 14.7. The molecule has 1 N–H and O–H groups in total. The lowest BCUT2D eigenvalue weighted by molar-refractivity contribution is -0.122. The van der Waals surface area contributed by atoms with Crippen molar-refractivity contribution < 1.29 is 14.3 Å². The van der Waals surface area contributed by atoms with E-state index in [1.807, 2.05) is 24.3 Å². The number of unbranched alkanes of at least 4 members (excludes halogenated alkanes) is 1. The van der Waals surface area contributed by atoms with Crippen molar-refractivity contribution in [2.24, 2.45) is 0 Å². The quantitative estimate of drug-likeness (QED) is 0.811. The number of carbonyl (C=O) groups is 1. The van der Waals surface area contributed by atoms with Crippen LogP contribution in [-0.2, 0) is 9.53 Å². The third kappa shape index (κ3) is 4.28. The van der Waals surface area contributed by atoms with Gasteiger partial charge in [-0.3, -0.25) is 9.69 Å². The number of nitrogens with zero attached hydrogens (tertiary/aromatic N) is 1.